The third-order valence-electron chi connectivity index (χ3n) is 15.3. The molecule has 3 fully saturated rings. The number of fused-ring (bicyclic) bond motifs is 6. The lowest BCUT2D eigenvalue weighted by molar-refractivity contribution is -0.126. The monoisotopic (exact) mass is 1070 g/mol. The minimum Gasteiger partial charge on any atom is -0.508 e. The second kappa shape index (κ2) is 26.7. The summed E-state index contributed by atoms with van der Waals surface area (Å²) in [6, 6.07) is 11.0. The van der Waals surface area contributed by atoms with E-state index in [9.17, 15) is 24.3 Å². The number of hydrogen-bond acceptors (Lipinski definition) is 17. The van der Waals surface area contributed by atoms with Gasteiger partial charge in [0.15, 0.2) is 24.8 Å². The number of aromatic nitrogens is 3. The first-order valence-electron chi connectivity index (χ1n) is 26.3. The molecule has 8 rings (SSSR count). The van der Waals surface area contributed by atoms with Crippen LogP contribution in [0, 0.1) is 23.2 Å². The van der Waals surface area contributed by atoms with Crippen molar-refractivity contribution in [1.82, 2.24) is 30.5 Å². The molecule has 2 saturated carbocycles. The van der Waals surface area contributed by atoms with E-state index in [0.29, 0.717) is 155 Å². The van der Waals surface area contributed by atoms with E-state index < -0.39 is 5.56 Å². The number of pyridine rings is 1. The van der Waals surface area contributed by atoms with Crippen LogP contribution in [0.1, 0.15) is 68.9 Å². The lowest BCUT2D eigenvalue weighted by Gasteiger charge is -2.49. The molecular formula is C54H72ClN9O12. The number of carbonyl (C=O) groups excluding carboxylic acids is 3. The normalized spacial score (nSPS) is 20.6. The Bertz CT molecular complexity index is 2750. The number of benzene rings is 2. The number of likely N-dealkylation sites (N-methyl/N-ethyl adjacent to an activating group) is 1. The van der Waals surface area contributed by atoms with Gasteiger partial charge in [-0.15, -0.1) is 0 Å². The maximum atomic E-state index is 13.0. The van der Waals surface area contributed by atoms with Gasteiger partial charge >= 0.3 is 0 Å². The van der Waals surface area contributed by atoms with Crippen molar-refractivity contribution in [2.24, 2.45) is 35.4 Å². The van der Waals surface area contributed by atoms with E-state index in [1.807, 2.05) is 17.0 Å². The van der Waals surface area contributed by atoms with Crippen LogP contribution < -0.4 is 41.2 Å². The molecule has 4 unspecified atom stereocenters. The number of aryl methyl sites for hydroxylation is 2. The summed E-state index contributed by atoms with van der Waals surface area (Å²) in [4.78, 5) is 67.0. The number of amides is 3. The molecule has 5 N–H and O–H groups in total. The largest absolute Gasteiger partial charge is 0.508 e. The first kappa shape index (κ1) is 56.0. The summed E-state index contributed by atoms with van der Waals surface area (Å²) in [7, 11) is 4.59. The molecule has 3 aliphatic carbocycles. The highest BCUT2D eigenvalue weighted by Crippen LogP contribution is 2.60. The zero-order chi connectivity index (χ0) is 53.6. The van der Waals surface area contributed by atoms with Crippen molar-refractivity contribution < 1.29 is 52.7 Å². The Kier molecular flexibility index (Phi) is 19.6. The summed E-state index contributed by atoms with van der Waals surface area (Å²) in [6.07, 6.45) is 9.04. The van der Waals surface area contributed by atoms with Gasteiger partial charge in [0.05, 0.1) is 77.4 Å². The number of hydrogen-bond donors (Lipinski definition) is 5. The van der Waals surface area contributed by atoms with Gasteiger partial charge in [0.25, 0.3) is 17.4 Å². The minimum atomic E-state index is -0.418. The van der Waals surface area contributed by atoms with Crippen LogP contribution in [0.25, 0.3) is 10.9 Å². The molecule has 2 aromatic heterocycles. The number of phenolic OH excluding ortho intramolecular Hbond substituents is 1. The summed E-state index contributed by atoms with van der Waals surface area (Å²) in [6.45, 7) is 6.87. The van der Waals surface area contributed by atoms with Gasteiger partial charge < -0.3 is 69.1 Å². The van der Waals surface area contributed by atoms with E-state index in [-0.39, 0.29) is 48.0 Å². The van der Waals surface area contributed by atoms with Crippen LogP contribution in [-0.2, 0) is 51.6 Å². The Morgan fingerprint density at radius 1 is 0.855 bits per heavy atom. The molecule has 76 heavy (non-hydrogen) atoms. The van der Waals surface area contributed by atoms with Crippen molar-refractivity contribution in [3.8, 4) is 17.2 Å². The average molecular weight is 1070 g/mol. The molecule has 0 radical (unpaired) electrons. The SMILES string of the molecule is CNC(=O)COc1cc2cc(Nc3nc(N4CCC(C(=O)NCCOCCOCCOCCOCCNC(=O)CO/N=C5\CCC6C7CCc8cc(O)ccc8C7CCC56C)CC4)ncc3Cl)cc(OC)c2n(C)c1=O. The third-order valence-corrected chi connectivity index (χ3v) is 15.6. The first-order valence-corrected chi connectivity index (χ1v) is 26.7. The molecule has 412 valence electrons. The fourth-order valence-electron chi connectivity index (χ4n) is 11.3. The smallest absolute Gasteiger partial charge is 0.293 e. The van der Waals surface area contributed by atoms with Gasteiger partial charge in [-0.3, -0.25) is 19.2 Å². The van der Waals surface area contributed by atoms with Crippen molar-refractivity contribution in [2.45, 2.75) is 64.2 Å². The summed E-state index contributed by atoms with van der Waals surface area (Å²) in [5, 5.41) is 26.9. The predicted octanol–water partition coefficient (Wildman–Crippen LogP) is 5.01. The number of nitrogens with one attached hydrogen (secondary N) is 4. The van der Waals surface area contributed by atoms with Crippen LogP contribution in [0.4, 0.5) is 17.5 Å². The highest BCUT2D eigenvalue weighted by Gasteiger charge is 2.54. The average Bonchev–Trinajstić information content (AvgIpc) is 3.81. The summed E-state index contributed by atoms with van der Waals surface area (Å²) in [5.74, 6) is 2.51. The van der Waals surface area contributed by atoms with Crippen LogP contribution in [0.2, 0.25) is 5.02 Å². The van der Waals surface area contributed by atoms with Crippen LogP contribution >= 0.6 is 11.6 Å². The van der Waals surface area contributed by atoms with E-state index >= 15 is 0 Å². The molecule has 3 amide bonds. The number of halogens is 1. The Labute approximate surface area is 447 Å². The predicted molar refractivity (Wildman–Crippen MR) is 286 cm³/mol. The Morgan fingerprint density at radius 3 is 2.28 bits per heavy atom. The van der Waals surface area contributed by atoms with Gasteiger partial charge in [0, 0.05) is 68.7 Å². The van der Waals surface area contributed by atoms with E-state index in [1.54, 1.807) is 25.2 Å². The van der Waals surface area contributed by atoms with Gasteiger partial charge in [-0.1, -0.05) is 29.7 Å². The fraction of sp³-hybridized carbons (Fsp3) is 0.574. The molecule has 2 aromatic carbocycles. The Balaban J connectivity index is 0.627. The van der Waals surface area contributed by atoms with Crippen LogP contribution in [0.3, 0.4) is 0 Å². The van der Waals surface area contributed by atoms with Gasteiger partial charge in [-0.05, 0) is 105 Å². The van der Waals surface area contributed by atoms with Gasteiger partial charge in [0.1, 0.15) is 16.5 Å². The number of piperidine rings is 1. The summed E-state index contributed by atoms with van der Waals surface area (Å²) in [5.41, 5.74) is 4.47. The molecule has 1 aliphatic heterocycles. The van der Waals surface area contributed by atoms with Gasteiger partial charge in [0.2, 0.25) is 11.9 Å². The number of methoxy groups -OCH3 is 1. The van der Waals surface area contributed by atoms with E-state index in [2.05, 4.69) is 44.4 Å². The molecule has 4 atom stereocenters. The molecule has 0 bridgehead atoms. The van der Waals surface area contributed by atoms with Crippen LogP contribution in [0.15, 0.2) is 52.5 Å². The summed E-state index contributed by atoms with van der Waals surface area (Å²) >= 11 is 6.55. The van der Waals surface area contributed by atoms with Gasteiger partial charge in [-0.2, -0.15) is 4.98 Å². The number of nitrogens with zero attached hydrogens (tertiary/aromatic N) is 5. The van der Waals surface area contributed by atoms with Crippen molar-refractivity contribution in [3.63, 3.8) is 0 Å². The number of carbonyl (C=O) groups is 3. The minimum absolute atomic E-state index is 0.00471. The standard InChI is InChI=1S/C54H72ClN9O12/c1-54-14-11-40-39-8-6-38(65)28-35(39)5-7-41(40)42(54)9-10-46(54)62-76-33-48(67)57-15-19-71-21-23-73-25-26-74-24-22-72-20-16-58-51(68)34-12-17-64(18-13-34)53-59-31-43(55)50(61-53)60-37-27-36-29-45(75-32-47(66)56-2)52(69)63(3)49(36)44(30-37)70-4/h6,8,27-31,34,40-42,65H,5,7,9-26,32-33H2,1-4H3,(H,56,66)(H,57,67)(H,58,68)(H,59,60,61)/b62-46+. The molecule has 21 nitrogen and oxygen atoms in total. The number of oxime groups is 1. The van der Waals surface area contributed by atoms with E-state index in [4.69, 9.17) is 49.8 Å². The topological polar surface area (TPSA) is 248 Å². The van der Waals surface area contributed by atoms with Gasteiger partial charge in [-0.25, -0.2) is 4.98 Å². The Hall–Kier alpha value is -6.26. The van der Waals surface area contributed by atoms with Crippen LogP contribution in [-0.4, -0.2) is 149 Å². The zero-order valence-electron chi connectivity index (χ0n) is 44.0. The highest BCUT2D eigenvalue weighted by molar-refractivity contribution is 6.33. The summed E-state index contributed by atoms with van der Waals surface area (Å²) < 4.78 is 35.0. The number of ether oxygens (including phenoxy) is 6. The number of phenols is 1. The number of aromatic hydroxyl groups is 1. The number of anilines is 3. The Morgan fingerprint density at radius 2 is 1.57 bits per heavy atom. The highest BCUT2D eigenvalue weighted by atomic mass is 35.5. The second-order valence-corrected chi connectivity index (χ2v) is 20.3. The molecule has 0 spiro atoms. The van der Waals surface area contributed by atoms with Crippen LogP contribution in [0.5, 0.6) is 17.2 Å². The maximum Gasteiger partial charge on any atom is 0.293 e. The molecule has 4 aromatic rings. The lowest BCUT2D eigenvalue weighted by atomic mass is 9.55. The van der Waals surface area contributed by atoms with E-state index in [1.165, 1.54) is 36.0 Å². The van der Waals surface area contributed by atoms with Crippen molar-refractivity contribution >= 4 is 63.4 Å². The van der Waals surface area contributed by atoms with E-state index in [0.717, 1.165) is 44.2 Å². The lowest BCUT2D eigenvalue weighted by Crippen LogP contribution is -2.42. The quantitative estimate of drug-likeness (QED) is 0.0410. The molecular weight excluding hydrogens is 1000 g/mol. The fourth-order valence-corrected chi connectivity index (χ4v) is 11.5. The number of rotatable bonds is 26. The molecule has 22 heteroatoms. The van der Waals surface area contributed by atoms with Crippen molar-refractivity contribution in [3.05, 3.63) is 69.1 Å². The molecule has 1 saturated heterocycles. The van der Waals surface area contributed by atoms with Crippen molar-refractivity contribution in [2.75, 3.05) is 117 Å². The molecule has 3 heterocycles. The molecule has 4 aliphatic rings. The third kappa shape index (κ3) is 13.8. The first-order chi connectivity index (χ1) is 36.9. The zero-order valence-corrected chi connectivity index (χ0v) is 44.7. The van der Waals surface area contributed by atoms with Crippen molar-refractivity contribution in [1.29, 1.82) is 0 Å². The maximum absolute atomic E-state index is 13.0. The second-order valence-electron chi connectivity index (χ2n) is 19.9.